The third-order valence-electron chi connectivity index (χ3n) is 2.18. The maximum Gasteiger partial charge on any atom is 0.246 e. The van der Waals surface area contributed by atoms with Crippen molar-refractivity contribution in [2.75, 3.05) is 34.2 Å². The normalized spacial score (nSPS) is 10.5. The highest BCUT2D eigenvalue weighted by Gasteiger charge is 2.05. The van der Waals surface area contributed by atoms with Gasteiger partial charge in [-0.15, -0.1) is 0 Å². The second-order valence-electron chi connectivity index (χ2n) is 5.11. The van der Waals surface area contributed by atoms with Crippen LogP contribution in [0.4, 0.5) is 0 Å². The number of nitrogens with zero attached hydrogens (tertiary/aromatic N) is 1. The molecule has 0 aromatic carbocycles. The van der Waals surface area contributed by atoms with Crippen LogP contribution in [0.5, 0.6) is 0 Å². The molecule has 0 atom stereocenters. The number of carbonyl (C=O) groups is 1. The number of halogens is 1. The van der Waals surface area contributed by atoms with Crippen molar-refractivity contribution >= 4 is 5.91 Å². The van der Waals surface area contributed by atoms with Crippen LogP contribution < -0.4 is 29.3 Å². The predicted molar refractivity (Wildman–Crippen MR) is 64.6 cm³/mol. The molecule has 0 aliphatic carbocycles. The zero-order valence-electron chi connectivity index (χ0n) is 11.0. The van der Waals surface area contributed by atoms with Gasteiger partial charge in [-0.2, -0.15) is 0 Å². The van der Waals surface area contributed by atoms with Crippen LogP contribution in [-0.4, -0.2) is 44.6 Å². The van der Waals surface area contributed by atoms with Gasteiger partial charge in [0.1, 0.15) is 0 Å². The fourth-order valence-corrected chi connectivity index (χ4v) is 1.24. The fraction of sp³-hybridized carbons (Fsp3) is 0.750. The van der Waals surface area contributed by atoms with Crippen LogP contribution in [0.1, 0.15) is 26.2 Å². The Morgan fingerprint density at radius 1 is 1.19 bits per heavy atom. The molecular formula is C12H25IN2O. The third kappa shape index (κ3) is 12.0. The zero-order chi connectivity index (χ0) is 11.9. The summed E-state index contributed by atoms with van der Waals surface area (Å²) in [7, 11) is 6.59. The molecule has 3 nitrogen and oxygen atoms in total. The van der Waals surface area contributed by atoms with E-state index in [1.807, 2.05) is 0 Å². The van der Waals surface area contributed by atoms with Gasteiger partial charge >= 0.3 is 0 Å². The third-order valence-corrected chi connectivity index (χ3v) is 2.18. The molecule has 96 valence electrons. The van der Waals surface area contributed by atoms with E-state index in [-0.39, 0.29) is 29.9 Å². The monoisotopic (exact) mass is 340 g/mol. The van der Waals surface area contributed by atoms with Gasteiger partial charge in [0.25, 0.3) is 0 Å². The largest absolute Gasteiger partial charge is 1.00 e. The number of hydrogen-bond acceptors (Lipinski definition) is 1. The number of unbranched alkanes of at least 4 members (excludes halogenated alkanes) is 2. The van der Waals surface area contributed by atoms with Crippen LogP contribution >= 0.6 is 0 Å². The van der Waals surface area contributed by atoms with Crippen molar-refractivity contribution in [1.82, 2.24) is 5.32 Å². The standard InChI is InChI=1S/C12H24N2O.HI/c1-11(2)12(15)13-9-7-6-8-10-14(3,4)5;/h1,6-10H2,2-5H3;1H. The van der Waals surface area contributed by atoms with Crippen molar-refractivity contribution in [2.24, 2.45) is 0 Å². The van der Waals surface area contributed by atoms with Gasteiger partial charge in [-0.05, 0) is 26.2 Å². The molecule has 0 bridgehead atoms. The molecular weight excluding hydrogens is 315 g/mol. The highest BCUT2D eigenvalue weighted by atomic mass is 127. The Balaban J connectivity index is 0. The number of carbonyl (C=O) groups excluding carboxylic acids is 1. The lowest BCUT2D eigenvalue weighted by molar-refractivity contribution is -0.870. The SMILES string of the molecule is C=C(C)C(=O)NCCCCC[N+](C)(C)C.[I-]. The Morgan fingerprint density at radius 3 is 2.19 bits per heavy atom. The minimum atomic E-state index is -0.0263. The first-order valence-corrected chi connectivity index (χ1v) is 5.57. The number of rotatable bonds is 7. The first-order chi connectivity index (χ1) is 6.83. The van der Waals surface area contributed by atoms with E-state index in [1.54, 1.807) is 6.92 Å². The number of nitrogens with one attached hydrogen (secondary N) is 1. The molecule has 16 heavy (non-hydrogen) atoms. The van der Waals surface area contributed by atoms with E-state index in [9.17, 15) is 4.79 Å². The topological polar surface area (TPSA) is 29.1 Å². The van der Waals surface area contributed by atoms with Gasteiger partial charge in [-0.1, -0.05) is 6.58 Å². The minimum absolute atomic E-state index is 0. The van der Waals surface area contributed by atoms with E-state index >= 15 is 0 Å². The molecule has 1 amide bonds. The van der Waals surface area contributed by atoms with Crippen molar-refractivity contribution in [3.8, 4) is 0 Å². The zero-order valence-corrected chi connectivity index (χ0v) is 13.1. The summed E-state index contributed by atoms with van der Waals surface area (Å²) < 4.78 is 1.01. The van der Waals surface area contributed by atoms with Gasteiger partial charge < -0.3 is 33.8 Å². The molecule has 0 rings (SSSR count). The van der Waals surface area contributed by atoms with Gasteiger partial charge in [0.15, 0.2) is 0 Å². The van der Waals surface area contributed by atoms with Crippen LogP contribution in [0.3, 0.4) is 0 Å². The van der Waals surface area contributed by atoms with Crippen molar-refractivity contribution in [3.63, 3.8) is 0 Å². The average Bonchev–Trinajstić information content (AvgIpc) is 2.08. The van der Waals surface area contributed by atoms with Crippen LogP contribution in [0.2, 0.25) is 0 Å². The van der Waals surface area contributed by atoms with Crippen LogP contribution in [0.25, 0.3) is 0 Å². The van der Waals surface area contributed by atoms with Crippen molar-refractivity contribution in [3.05, 3.63) is 12.2 Å². The Kier molecular flexibility index (Phi) is 10.3. The van der Waals surface area contributed by atoms with Crippen molar-refractivity contribution in [2.45, 2.75) is 26.2 Å². The lowest BCUT2D eigenvalue weighted by Crippen LogP contribution is -3.00. The summed E-state index contributed by atoms with van der Waals surface area (Å²) in [5.74, 6) is -0.0263. The molecule has 0 saturated carbocycles. The van der Waals surface area contributed by atoms with E-state index < -0.39 is 0 Å². The van der Waals surface area contributed by atoms with Gasteiger partial charge in [0, 0.05) is 12.1 Å². The quantitative estimate of drug-likeness (QED) is 0.262. The molecule has 0 aliphatic rings. The molecule has 0 spiro atoms. The Labute approximate surface area is 117 Å². The van der Waals surface area contributed by atoms with E-state index in [2.05, 4.69) is 33.0 Å². The molecule has 1 N–H and O–H groups in total. The van der Waals surface area contributed by atoms with E-state index in [4.69, 9.17) is 0 Å². The molecule has 0 radical (unpaired) electrons. The lowest BCUT2D eigenvalue weighted by atomic mass is 10.2. The highest BCUT2D eigenvalue weighted by Crippen LogP contribution is 2.00. The van der Waals surface area contributed by atoms with E-state index in [0.717, 1.165) is 17.4 Å². The summed E-state index contributed by atoms with van der Waals surface area (Å²) in [6.07, 6.45) is 3.44. The molecule has 0 heterocycles. The highest BCUT2D eigenvalue weighted by molar-refractivity contribution is 5.91. The smallest absolute Gasteiger partial charge is 0.246 e. The van der Waals surface area contributed by atoms with Crippen molar-refractivity contribution < 1.29 is 33.3 Å². The molecule has 0 aromatic rings. The summed E-state index contributed by atoms with van der Waals surface area (Å²) in [6, 6.07) is 0. The summed E-state index contributed by atoms with van der Waals surface area (Å²) in [5, 5.41) is 2.84. The Bertz CT molecular complexity index is 222. The minimum Gasteiger partial charge on any atom is -1.00 e. The molecule has 0 aliphatic heterocycles. The summed E-state index contributed by atoms with van der Waals surface area (Å²) in [6.45, 7) is 7.27. The predicted octanol–water partition coefficient (Wildman–Crippen LogP) is -1.44. The van der Waals surface area contributed by atoms with Gasteiger partial charge in [-0.25, -0.2) is 0 Å². The van der Waals surface area contributed by atoms with Gasteiger partial charge in [0.2, 0.25) is 5.91 Å². The first-order valence-electron chi connectivity index (χ1n) is 5.57. The Hall–Kier alpha value is -0.100. The maximum absolute atomic E-state index is 11.1. The van der Waals surface area contributed by atoms with Gasteiger partial charge in [-0.3, -0.25) is 4.79 Å². The fourth-order valence-electron chi connectivity index (χ4n) is 1.24. The second-order valence-corrected chi connectivity index (χ2v) is 5.11. The van der Waals surface area contributed by atoms with Crippen molar-refractivity contribution in [1.29, 1.82) is 0 Å². The molecule has 0 unspecified atom stereocenters. The molecule has 0 saturated heterocycles. The first kappa shape index (κ1) is 18.3. The number of quaternary nitrogens is 1. The average molecular weight is 340 g/mol. The maximum atomic E-state index is 11.1. The second kappa shape index (κ2) is 8.98. The summed E-state index contributed by atoms with van der Waals surface area (Å²) in [4.78, 5) is 11.1. The number of hydrogen-bond donors (Lipinski definition) is 1. The van der Waals surface area contributed by atoms with E-state index in [0.29, 0.717) is 5.57 Å². The van der Waals surface area contributed by atoms with E-state index in [1.165, 1.54) is 19.4 Å². The summed E-state index contributed by atoms with van der Waals surface area (Å²) in [5.41, 5.74) is 0.585. The Morgan fingerprint density at radius 2 is 1.75 bits per heavy atom. The van der Waals surface area contributed by atoms with Crippen LogP contribution in [0.15, 0.2) is 12.2 Å². The van der Waals surface area contributed by atoms with Crippen LogP contribution in [-0.2, 0) is 4.79 Å². The molecule has 4 heteroatoms. The van der Waals surface area contributed by atoms with Gasteiger partial charge in [0.05, 0.1) is 27.7 Å². The number of amides is 1. The molecule has 0 aromatic heterocycles. The van der Waals surface area contributed by atoms with Crippen LogP contribution in [0, 0.1) is 0 Å². The summed E-state index contributed by atoms with van der Waals surface area (Å²) >= 11 is 0. The molecule has 0 fully saturated rings. The lowest BCUT2D eigenvalue weighted by Gasteiger charge is -2.23.